The number of carbonyl (C=O) groups is 2. The number of anilines is 1. The van der Waals surface area contributed by atoms with Crippen LogP contribution in [0.25, 0.3) is 5.69 Å². The van der Waals surface area contributed by atoms with Gasteiger partial charge in [0.25, 0.3) is 0 Å². The lowest BCUT2D eigenvalue weighted by Crippen LogP contribution is -2.29. The van der Waals surface area contributed by atoms with Crippen LogP contribution in [0, 0.1) is 0 Å². The number of nitrogens with zero attached hydrogens (tertiary/aromatic N) is 4. The van der Waals surface area contributed by atoms with Gasteiger partial charge in [-0.3, -0.25) is 9.59 Å². The molecule has 0 atom stereocenters. The molecule has 9 nitrogen and oxygen atoms in total. The van der Waals surface area contributed by atoms with Gasteiger partial charge in [-0.1, -0.05) is 18.2 Å². The van der Waals surface area contributed by atoms with Gasteiger partial charge < -0.3 is 10.1 Å². The van der Waals surface area contributed by atoms with Crippen LogP contribution in [0.5, 0.6) is 0 Å². The van der Waals surface area contributed by atoms with E-state index in [1.54, 1.807) is 16.9 Å². The Morgan fingerprint density at radius 1 is 1.27 bits per heavy atom. The van der Waals surface area contributed by atoms with Crippen molar-refractivity contribution in [1.82, 2.24) is 19.3 Å². The van der Waals surface area contributed by atoms with Gasteiger partial charge in [0, 0.05) is 11.3 Å². The maximum atomic E-state index is 12.9. The van der Waals surface area contributed by atoms with Crippen molar-refractivity contribution in [3.63, 3.8) is 0 Å². The summed E-state index contributed by atoms with van der Waals surface area (Å²) >= 11 is 1.21. The summed E-state index contributed by atoms with van der Waals surface area (Å²) in [6.45, 7) is 1.82. The van der Waals surface area contributed by atoms with Gasteiger partial charge >= 0.3 is 11.7 Å². The fourth-order valence-electron chi connectivity index (χ4n) is 3.05. The van der Waals surface area contributed by atoms with Crippen molar-refractivity contribution < 1.29 is 14.3 Å². The third-order valence-corrected chi connectivity index (χ3v) is 5.35. The first-order valence-corrected chi connectivity index (χ1v) is 10.6. The van der Waals surface area contributed by atoms with E-state index in [1.807, 2.05) is 30.3 Å². The summed E-state index contributed by atoms with van der Waals surface area (Å²) in [6, 6.07) is 9.30. The highest BCUT2D eigenvalue weighted by molar-refractivity contribution is 7.13. The van der Waals surface area contributed by atoms with E-state index in [0.717, 1.165) is 18.5 Å². The van der Waals surface area contributed by atoms with Crippen molar-refractivity contribution in [2.45, 2.75) is 38.6 Å². The summed E-state index contributed by atoms with van der Waals surface area (Å²) in [6.07, 6.45) is 2.02. The molecule has 1 aliphatic carbocycles. The van der Waals surface area contributed by atoms with E-state index in [9.17, 15) is 14.4 Å². The van der Waals surface area contributed by atoms with Crippen LogP contribution >= 0.6 is 11.3 Å². The maximum absolute atomic E-state index is 12.9. The molecule has 0 saturated heterocycles. The Hall–Kier alpha value is -3.27. The number of ether oxygens (including phenoxy) is 1. The molecule has 1 fully saturated rings. The molecular weight excluding hydrogens is 406 g/mol. The van der Waals surface area contributed by atoms with Gasteiger partial charge in [-0.2, -0.15) is 5.10 Å². The Balaban J connectivity index is 1.47. The number of rotatable bonds is 8. The summed E-state index contributed by atoms with van der Waals surface area (Å²) in [5.41, 5.74) is 0.912. The minimum Gasteiger partial charge on any atom is -0.466 e. The van der Waals surface area contributed by atoms with Crippen molar-refractivity contribution in [3.8, 4) is 5.69 Å². The van der Waals surface area contributed by atoms with Gasteiger partial charge in [0.05, 0.1) is 24.4 Å². The van der Waals surface area contributed by atoms with Gasteiger partial charge in [0.1, 0.15) is 12.4 Å². The predicted molar refractivity (Wildman–Crippen MR) is 111 cm³/mol. The van der Waals surface area contributed by atoms with E-state index in [1.165, 1.54) is 16.0 Å². The van der Waals surface area contributed by atoms with Gasteiger partial charge in [0.15, 0.2) is 5.13 Å². The second-order valence-corrected chi connectivity index (χ2v) is 7.78. The normalized spacial score (nSPS) is 13.2. The SMILES string of the molecule is CCOC(=O)Cc1csc(NC(=O)Cn2nc(C3CC3)n(-c3ccccc3)c2=O)n1. The first kappa shape index (κ1) is 20.0. The maximum Gasteiger partial charge on any atom is 0.351 e. The number of thiazole rings is 1. The zero-order chi connectivity index (χ0) is 21.1. The number of carbonyl (C=O) groups excluding carboxylic acids is 2. The van der Waals surface area contributed by atoms with Crippen LogP contribution in [-0.4, -0.2) is 37.8 Å². The van der Waals surface area contributed by atoms with Gasteiger partial charge in [-0.15, -0.1) is 11.3 Å². The monoisotopic (exact) mass is 427 g/mol. The molecule has 1 aliphatic rings. The largest absolute Gasteiger partial charge is 0.466 e. The second-order valence-electron chi connectivity index (χ2n) is 6.92. The molecule has 2 aromatic heterocycles. The Morgan fingerprint density at radius 2 is 2.03 bits per heavy atom. The highest BCUT2D eigenvalue weighted by Gasteiger charge is 2.31. The number of aromatic nitrogens is 4. The van der Waals surface area contributed by atoms with Gasteiger partial charge in [0.2, 0.25) is 5.91 Å². The second kappa shape index (κ2) is 8.62. The van der Waals surface area contributed by atoms with Crippen LogP contribution in [0.3, 0.4) is 0 Å². The molecule has 2 heterocycles. The van der Waals surface area contributed by atoms with Crippen LogP contribution in [0.4, 0.5) is 5.13 Å². The molecule has 0 bridgehead atoms. The molecule has 3 aromatic rings. The van der Waals surface area contributed by atoms with Gasteiger partial charge in [-0.05, 0) is 31.9 Å². The molecule has 0 unspecified atom stereocenters. The lowest BCUT2D eigenvalue weighted by atomic mass is 10.3. The molecule has 0 spiro atoms. The minimum atomic E-state index is -0.408. The fourth-order valence-corrected chi connectivity index (χ4v) is 3.78. The highest BCUT2D eigenvalue weighted by atomic mass is 32.1. The van der Waals surface area contributed by atoms with E-state index in [4.69, 9.17) is 4.74 Å². The molecule has 1 saturated carbocycles. The number of hydrogen-bond donors (Lipinski definition) is 1. The molecule has 1 amide bonds. The highest BCUT2D eigenvalue weighted by Crippen LogP contribution is 2.39. The molecule has 30 heavy (non-hydrogen) atoms. The predicted octanol–water partition coefficient (Wildman–Crippen LogP) is 2.11. The molecule has 4 rings (SSSR count). The number of nitrogens with one attached hydrogen (secondary N) is 1. The quantitative estimate of drug-likeness (QED) is 0.552. The molecule has 0 aliphatic heterocycles. The molecular formula is C20H21N5O4S. The van der Waals surface area contributed by atoms with Crippen molar-refractivity contribution in [1.29, 1.82) is 0 Å². The van der Waals surface area contributed by atoms with Crippen LogP contribution < -0.4 is 11.0 Å². The topological polar surface area (TPSA) is 108 Å². The standard InChI is InChI=1S/C20H21N5O4S/c1-2-29-17(27)10-14-12-30-19(21-14)22-16(26)11-24-20(28)25(15-6-4-3-5-7-15)18(23-24)13-8-9-13/h3-7,12-13H,2,8-11H2,1H3,(H,21,22,26). The van der Waals surface area contributed by atoms with E-state index in [2.05, 4.69) is 15.4 Å². The first-order valence-electron chi connectivity index (χ1n) is 9.70. The Bertz CT molecular complexity index is 1110. The van der Waals surface area contributed by atoms with E-state index in [0.29, 0.717) is 23.3 Å². The lowest BCUT2D eigenvalue weighted by molar-refractivity contribution is -0.142. The zero-order valence-electron chi connectivity index (χ0n) is 16.4. The fraction of sp³-hybridized carbons (Fsp3) is 0.350. The molecule has 10 heteroatoms. The Morgan fingerprint density at radius 3 is 2.73 bits per heavy atom. The minimum absolute atomic E-state index is 0.0475. The summed E-state index contributed by atoms with van der Waals surface area (Å²) < 4.78 is 7.65. The number of amides is 1. The first-order chi connectivity index (χ1) is 14.5. The van der Waals surface area contributed by atoms with E-state index < -0.39 is 5.91 Å². The molecule has 0 radical (unpaired) electrons. The summed E-state index contributed by atoms with van der Waals surface area (Å²) in [4.78, 5) is 41.1. The molecule has 1 N–H and O–H groups in total. The third kappa shape index (κ3) is 4.48. The Labute approximate surface area is 176 Å². The average molecular weight is 427 g/mol. The molecule has 156 valence electrons. The molecule has 1 aromatic carbocycles. The zero-order valence-corrected chi connectivity index (χ0v) is 17.2. The van der Waals surface area contributed by atoms with Crippen molar-refractivity contribution in [2.75, 3.05) is 11.9 Å². The third-order valence-electron chi connectivity index (χ3n) is 4.54. The average Bonchev–Trinajstić information content (AvgIpc) is 3.40. The Kier molecular flexibility index (Phi) is 5.75. The summed E-state index contributed by atoms with van der Waals surface area (Å²) in [5, 5.41) is 9.13. The smallest absolute Gasteiger partial charge is 0.351 e. The summed E-state index contributed by atoms with van der Waals surface area (Å²) in [7, 11) is 0. The van der Waals surface area contributed by atoms with Crippen molar-refractivity contribution in [3.05, 3.63) is 57.7 Å². The number of benzene rings is 1. The van der Waals surface area contributed by atoms with Crippen molar-refractivity contribution >= 4 is 28.3 Å². The van der Waals surface area contributed by atoms with Crippen LogP contribution in [-0.2, 0) is 27.3 Å². The van der Waals surface area contributed by atoms with Crippen LogP contribution in [0.15, 0.2) is 40.5 Å². The number of hydrogen-bond acceptors (Lipinski definition) is 7. The number of para-hydroxylation sites is 1. The van der Waals surface area contributed by atoms with Gasteiger partial charge in [-0.25, -0.2) is 19.0 Å². The van der Waals surface area contributed by atoms with Crippen molar-refractivity contribution in [2.24, 2.45) is 0 Å². The summed E-state index contributed by atoms with van der Waals surface area (Å²) in [5.74, 6) is 0.150. The van der Waals surface area contributed by atoms with Crippen LogP contribution in [0.2, 0.25) is 0 Å². The van der Waals surface area contributed by atoms with Crippen LogP contribution in [0.1, 0.15) is 37.2 Å². The number of esters is 1. The lowest BCUT2D eigenvalue weighted by Gasteiger charge is -2.03. The van der Waals surface area contributed by atoms with E-state index in [-0.39, 0.29) is 30.5 Å². The van der Waals surface area contributed by atoms with E-state index >= 15 is 0 Å².